The van der Waals surface area contributed by atoms with Gasteiger partial charge >= 0.3 is 5.97 Å². The number of carboxylic acid groups (broad SMARTS) is 1. The van der Waals surface area contributed by atoms with Gasteiger partial charge in [-0.05, 0) is 68.3 Å². The van der Waals surface area contributed by atoms with Crippen molar-refractivity contribution >= 4 is 34.5 Å². The molecule has 2 aliphatic rings. The van der Waals surface area contributed by atoms with Gasteiger partial charge in [-0.15, -0.1) is 0 Å². The number of pyridine rings is 1. The summed E-state index contributed by atoms with van der Waals surface area (Å²) in [6.45, 7) is 5.08. The van der Waals surface area contributed by atoms with Gasteiger partial charge in [-0.1, -0.05) is 12.1 Å². The summed E-state index contributed by atoms with van der Waals surface area (Å²) in [5.74, 6) is -2.14. The number of nitrogens with zero attached hydrogens (tertiary/aromatic N) is 2. The van der Waals surface area contributed by atoms with Crippen LogP contribution >= 0.6 is 0 Å². The van der Waals surface area contributed by atoms with Crippen LogP contribution in [0.15, 0.2) is 59.9 Å². The number of anilines is 1. The number of aromatic amines is 1. The lowest BCUT2D eigenvalue weighted by molar-refractivity contribution is -0.134. The van der Waals surface area contributed by atoms with Gasteiger partial charge in [0.05, 0.1) is 0 Å². The largest absolute Gasteiger partial charge is 0.477 e. The number of nitrogens with one attached hydrogen (secondary N) is 2. The third kappa shape index (κ3) is 4.12. The first kappa shape index (κ1) is 21.0. The van der Waals surface area contributed by atoms with Crippen LogP contribution in [-0.4, -0.2) is 44.8 Å². The topological polar surface area (TPSA) is 108 Å². The maximum Gasteiger partial charge on any atom is 0.345 e. The SMILES string of the molecule is Cc1cc(CN2CCCC2)ccc1NC1=C(C(=O)O)C(=O)/C(=C/c2c[nH]c3ncccc23)O1. The number of benzene rings is 1. The number of fused-ring (bicyclic) bond motifs is 1. The van der Waals surface area contributed by atoms with E-state index >= 15 is 0 Å². The van der Waals surface area contributed by atoms with Gasteiger partial charge in [0.15, 0.2) is 11.3 Å². The summed E-state index contributed by atoms with van der Waals surface area (Å²) in [7, 11) is 0. The van der Waals surface area contributed by atoms with Crippen molar-refractivity contribution < 1.29 is 19.4 Å². The van der Waals surface area contributed by atoms with Crippen molar-refractivity contribution in [2.45, 2.75) is 26.3 Å². The lowest BCUT2D eigenvalue weighted by atomic mass is 10.1. The van der Waals surface area contributed by atoms with Crippen LogP contribution in [0.5, 0.6) is 0 Å². The van der Waals surface area contributed by atoms with Crippen LogP contribution in [0.1, 0.15) is 29.5 Å². The van der Waals surface area contributed by atoms with E-state index in [0.717, 1.165) is 30.6 Å². The maximum absolute atomic E-state index is 12.8. The van der Waals surface area contributed by atoms with E-state index in [1.165, 1.54) is 24.5 Å². The number of ketones is 1. The summed E-state index contributed by atoms with van der Waals surface area (Å²) < 4.78 is 5.72. The number of likely N-dealkylation sites (tertiary alicyclic amines) is 1. The standard InChI is InChI=1S/C25H24N4O4/c1-15-11-16(14-29-9-2-3-10-29)6-7-19(15)28-24-21(25(31)32)22(30)20(33-24)12-17-13-27-23-18(17)5-4-8-26-23/h4-8,11-13,28H,2-3,9-10,14H2,1H3,(H,26,27)(H,31,32)/b20-12-. The molecule has 1 aromatic carbocycles. The van der Waals surface area contributed by atoms with E-state index in [1.54, 1.807) is 18.5 Å². The molecular formula is C25H24N4O4. The molecule has 0 aliphatic carbocycles. The lowest BCUT2D eigenvalue weighted by Gasteiger charge is -2.16. The number of hydrogen-bond acceptors (Lipinski definition) is 6. The number of ether oxygens (including phenoxy) is 1. The molecule has 0 atom stereocenters. The summed E-state index contributed by atoms with van der Waals surface area (Å²) in [6, 6.07) is 9.64. The normalized spacial score (nSPS) is 17.8. The average Bonchev–Trinajstić information content (AvgIpc) is 3.51. The number of allylic oxidation sites excluding steroid dienone is 1. The summed E-state index contributed by atoms with van der Waals surface area (Å²) in [6.07, 6.45) is 7.38. The molecule has 1 saturated heterocycles. The van der Waals surface area contributed by atoms with Gasteiger partial charge in [0, 0.05) is 35.6 Å². The molecule has 2 aromatic heterocycles. The van der Waals surface area contributed by atoms with E-state index in [1.807, 2.05) is 25.1 Å². The summed E-state index contributed by atoms with van der Waals surface area (Å²) in [5.41, 5.74) is 3.78. The van der Waals surface area contributed by atoms with Gasteiger partial charge in [0.2, 0.25) is 11.7 Å². The van der Waals surface area contributed by atoms with E-state index in [-0.39, 0.29) is 11.6 Å². The third-order valence-corrected chi connectivity index (χ3v) is 6.02. The first-order chi connectivity index (χ1) is 16.0. The number of rotatable bonds is 6. The van der Waals surface area contributed by atoms with Crippen LogP contribution in [0.25, 0.3) is 17.1 Å². The van der Waals surface area contributed by atoms with Crippen LogP contribution in [0.4, 0.5) is 5.69 Å². The van der Waals surface area contributed by atoms with Crippen LogP contribution in [0.3, 0.4) is 0 Å². The Kier molecular flexibility index (Phi) is 5.43. The Hall–Kier alpha value is -3.91. The molecular weight excluding hydrogens is 420 g/mol. The molecule has 8 nitrogen and oxygen atoms in total. The molecule has 1 fully saturated rings. The van der Waals surface area contributed by atoms with Crippen molar-refractivity contribution in [1.82, 2.24) is 14.9 Å². The highest BCUT2D eigenvalue weighted by molar-refractivity contribution is 6.26. The molecule has 0 saturated carbocycles. The molecule has 168 valence electrons. The molecule has 2 aliphatic heterocycles. The van der Waals surface area contributed by atoms with E-state index < -0.39 is 17.3 Å². The lowest BCUT2D eigenvalue weighted by Crippen LogP contribution is -2.18. The molecule has 0 unspecified atom stereocenters. The van der Waals surface area contributed by atoms with E-state index in [9.17, 15) is 14.7 Å². The fourth-order valence-corrected chi connectivity index (χ4v) is 4.33. The van der Waals surface area contributed by atoms with Gasteiger partial charge in [0.1, 0.15) is 5.65 Å². The van der Waals surface area contributed by atoms with Crippen LogP contribution in [0, 0.1) is 6.92 Å². The molecule has 5 rings (SSSR count). The van der Waals surface area contributed by atoms with E-state index in [4.69, 9.17) is 4.74 Å². The van der Waals surface area contributed by atoms with Crippen LogP contribution < -0.4 is 5.32 Å². The number of carbonyl (C=O) groups is 2. The van der Waals surface area contributed by atoms with Crippen molar-refractivity contribution in [2.24, 2.45) is 0 Å². The summed E-state index contributed by atoms with van der Waals surface area (Å²) in [5, 5.41) is 13.5. The first-order valence-corrected chi connectivity index (χ1v) is 10.9. The zero-order valence-electron chi connectivity index (χ0n) is 18.2. The van der Waals surface area contributed by atoms with E-state index in [2.05, 4.69) is 26.3 Å². The molecule has 0 radical (unpaired) electrons. The quantitative estimate of drug-likeness (QED) is 0.392. The van der Waals surface area contributed by atoms with Gasteiger partial charge in [-0.25, -0.2) is 9.78 Å². The second kappa shape index (κ2) is 8.55. The monoisotopic (exact) mass is 444 g/mol. The number of carbonyl (C=O) groups excluding carboxylic acids is 1. The molecule has 8 heteroatoms. The number of aliphatic carboxylic acids is 1. The Morgan fingerprint density at radius 1 is 1.30 bits per heavy atom. The molecule has 33 heavy (non-hydrogen) atoms. The highest BCUT2D eigenvalue weighted by atomic mass is 16.5. The minimum atomic E-state index is -1.34. The fraction of sp³-hybridized carbons (Fsp3) is 0.240. The minimum absolute atomic E-state index is 0.0528. The second-order valence-corrected chi connectivity index (χ2v) is 8.35. The molecule has 4 heterocycles. The third-order valence-electron chi connectivity index (χ3n) is 6.02. The molecule has 0 spiro atoms. The Balaban J connectivity index is 1.40. The van der Waals surface area contributed by atoms with Crippen LogP contribution in [0.2, 0.25) is 0 Å². The Bertz CT molecular complexity index is 1310. The summed E-state index contributed by atoms with van der Waals surface area (Å²) >= 11 is 0. The van der Waals surface area contributed by atoms with Gasteiger partial charge in [-0.3, -0.25) is 9.69 Å². The predicted molar refractivity (Wildman–Crippen MR) is 124 cm³/mol. The molecule has 0 bridgehead atoms. The number of carboxylic acids is 1. The van der Waals surface area contributed by atoms with Crippen molar-refractivity contribution in [3.05, 3.63) is 76.6 Å². The number of H-pyrrole nitrogens is 1. The fourth-order valence-electron chi connectivity index (χ4n) is 4.33. The van der Waals surface area contributed by atoms with Crippen molar-refractivity contribution in [2.75, 3.05) is 18.4 Å². The van der Waals surface area contributed by atoms with Crippen molar-refractivity contribution in [1.29, 1.82) is 0 Å². The van der Waals surface area contributed by atoms with Gasteiger partial charge in [-0.2, -0.15) is 0 Å². The zero-order valence-corrected chi connectivity index (χ0v) is 18.2. The smallest absolute Gasteiger partial charge is 0.345 e. The Labute approximate surface area is 190 Å². The number of aryl methyl sites for hydroxylation is 1. The summed E-state index contributed by atoms with van der Waals surface area (Å²) in [4.78, 5) is 34.4. The number of aromatic nitrogens is 2. The molecule has 0 amide bonds. The molecule has 3 N–H and O–H groups in total. The number of Topliss-reactive ketones (excluding diaryl/α,β-unsaturated/α-hetero) is 1. The minimum Gasteiger partial charge on any atom is -0.477 e. The predicted octanol–water partition coefficient (Wildman–Crippen LogP) is 3.82. The van der Waals surface area contributed by atoms with E-state index in [0.29, 0.717) is 16.9 Å². The highest BCUT2D eigenvalue weighted by Crippen LogP contribution is 2.31. The maximum atomic E-state index is 12.8. The van der Waals surface area contributed by atoms with Crippen molar-refractivity contribution in [3.8, 4) is 0 Å². The highest BCUT2D eigenvalue weighted by Gasteiger charge is 2.36. The Morgan fingerprint density at radius 3 is 2.88 bits per heavy atom. The van der Waals surface area contributed by atoms with Gasteiger partial charge < -0.3 is 20.1 Å². The first-order valence-electron chi connectivity index (χ1n) is 10.9. The molecule has 3 aromatic rings. The zero-order chi connectivity index (χ0) is 22.9. The number of hydrogen-bond donors (Lipinski definition) is 3. The Morgan fingerprint density at radius 2 is 2.12 bits per heavy atom. The average molecular weight is 444 g/mol. The van der Waals surface area contributed by atoms with Crippen molar-refractivity contribution in [3.63, 3.8) is 0 Å². The second-order valence-electron chi connectivity index (χ2n) is 8.35. The van der Waals surface area contributed by atoms with Gasteiger partial charge in [0.25, 0.3) is 0 Å². The van der Waals surface area contributed by atoms with Crippen LogP contribution in [-0.2, 0) is 20.9 Å².